The van der Waals surface area contributed by atoms with Crippen molar-refractivity contribution in [2.75, 3.05) is 0 Å². The lowest BCUT2D eigenvalue weighted by Crippen LogP contribution is -2.21. The normalized spacial score (nSPS) is 11.6. The molecule has 5 nitrogen and oxygen atoms in total. The molecule has 0 aliphatic carbocycles. The van der Waals surface area contributed by atoms with Crippen LogP contribution in [0.25, 0.3) is 24.3 Å². The number of rotatable bonds is 7. The molecular weight excluding hydrogens is 304 g/mol. The topological polar surface area (TPSA) is 61.3 Å². The molecular formula is C19H24N2O3. The molecule has 2 heterocycles. The zero-order valence-electron chi connectivity index (χ0n) is 14.5. The Balaban J connectivity index is 0.00000139. The molecule has 0 aliphatic rings. The summed E-state index contributed by atoms with van der Waals surface area (Å²) in [5.41, 5.74) is 1.13. The van der Waals surface area contributed by atoms with Crippen molar-refractivity contribution < 1.29 is 13.6 Å². The van der Waals surface area contributed by atoms with Gasteiger partial charge in [0.1, 0.15) is 11.0 Å². The number of allylic oxidation sites excluding steroid dienone is 1. The fourth-order valence-corrected chi connectivity index (χ4v) is 1.75. The molecule has 2 rings (SSSR count). The molecule has 0 saturated heterocycles. The molecule has 0 amide bonds. The van der Waals surface area contributed by atoms with Crippen molar-refractivity contribution >= 4 is 24.3 Å². The first kappa shape index (κ1) is 19.2. The Morgan fingerprint density at radius 3 is 2.29 bits per heavy atom. The fourth-order valence-electron chi connectivity index (χ4n) is 1.75. The summed E-state index contributed by atoms with van der Waals surface area (Å²) in [6, 6.07) is 0. The number of nitrogens with zero attached hydrogens (tertiary/aromatic N) is 2. The van der Waals surface area contributed by atoms with Gasteiger partial charge in [-0.3, -0.25) is 0 Å². The molecule has 0 aromatic carbocycles. The third kappa shape index (κ3) is 4.84. The minimum Gasteiger partial charge on any atom is -0.409 e. The highest BCUT2D eigenvalue weighted by Crippen LogP contribution is 2.22. The second-order valence-corrected chi connectivity index (χ2v) is 4.36. The Morgan fingerprint density at radius 2 is 1.75 bits per heavy atom. The second kappa shape index (κ2) is 10.0. The smallest absolute Gasteiger partial charge is 0.403 e. The van der Waals surface area contributed by atoms with Crippen LogP contribution in [0.3, 0.4) is 0 Å². The van der Waals surface area contributed by atoms with Crippen LogP contribution in [0.2, 0.25) is 0 Å². The van der Waals surface area contributed by atoms with Gasteiger partial charge in [0, 0.05) is 0 Å². The van der Waals surface area contributed by atoms with Gasteiger partial charge in [0.2, 0.25) is 0 Å². The maximum atomic E-state index is 5.53. The van der Waals surface area contributed by atoms with Crippen LogP contribution in [0.15, 0.2) is 34.6 Å². The Labute approximate surface area is 142 Å². The third-order valence-corrected chi connectivity index (χ3v) is 2.77. The Morgan fingerprint density at radius 1 is 1.04 bits per heavy atom. The van der Waals surface area contributed by atoms with E-state index >= 15 is 0 Å². The van der Waals surface area contributed by atoms with E-state index in [1.807, 2.05) is 19.9 Å². The molecule has 0 saturated carbocycles. The molecule has 2 aromatic heterocycles. The lowest BCUT2D eigenvalue weighted by atomic mass is 10.3. The van der Waals surface area contributed by atoms with Crippen LogP contribution in [-0.4, -0.2) is 9.97 Å². The van der Waals surface area contributed by atoms with E-state index in [0.717, 1.165) is 12.8 Å². The summed E-state index contributed by atoms with van der Waals surface area (Å²) in [4.78, 5) is 8.40. The average molecular weight is 328 g/mol. The van der Waals surface area contributed by atoms with Crippen molar-refractivity contribution in [1.82, 2.24) is 9.97 Å². The van der Waals surface area contributed by atoms with Gasteiger partial charge < -0.3 is 13.6 Å². The molecule has 0 radical (unpaired) electrons. The van der Waals surface area contributed by atoms with Gasteiger partial charge in [0.05, 0.1) is 0 Å². The van der Waals surface area contributed by atoms with E-state index in [1.54, 1.807) is 18.2 Å². The highest BCUT2D eigenvalue weighted by atomic mass is 16.7. The van der Waals surface area contributed by atoms with Gasteiger partial charge in [-0.2, -0.15) is 9.97 Å². The van der Waals surface area contributed by atoms with Crippen LogP contribution in [0, 0.1) is 0 Å². The molecule has 128 valence electrons. The van der Waals surface area contributed by atoms with E-state index in [4.69, 9.17) is 13.6 Å². The minimum absolute atomic E-state index is 0.0262. The molecule has 5 heteroatoms. The van der Waals surface area contributed by atoms with Crippen LogP contribution in [-0.2, 0) is 0 Å². The Hall–Kier alpha value is -2.82. The first-order valence-corrected chi connectivity index (χ1v) is 7.95. The molecule has 0 spiro atoms. The van der Waals surface area contributed by atoms with E-state index < -0.39 is 0 Å². The summed E-state index contributed by atoms with van der Waals surface area (Å²) in [5, 5.41) is 0.705. The summed E-state index contributed by atoms with van der Waals surface area (Å²) in [7, 11) is 0. The maximum Gasteiger partial charge on any atom is 0.403 e. The highest BCUT2D eigenvalue weighted by Gasteiger charge is 2.13. The summed E-state index contributed by atoms with van der Waals surface area (Å²) in [6.07, 6.45) is 10.4. The predicted molar refractivity (Wildman–Crippen MR) is 97.9 cm³/mol. The number of oxazole rings is 2. The molecule has 0 aliphatic heterocycles. The quantitative estimate of drug-likeness (QED) is 0.757. The minimum atomic E-state index is 0.0262. The first-order valence-electron chi connectivity index (χ1n) is 7.95. The van der Waals surface area contributed by atoms with Crippen LogP contribution < -0.4 is 15.5 Å². The molecule has 2 aromatic rings. The van der Waals surface area contributed by atoms with Gasteiger partial charge >= 0.3 is 12.2 Å². The third-order valence-electron chi connectivity index (χ3n) is 2.77. The van der Waals surface area contributed by atoms with E-state index in [0.29, 0.717) is 22.2 Å². The SMILES string of the molecule is C=C/C=c1/oc(Oc2nc(C=C)c(C=C)o2)n/c1=C/CCC.CC. The predicted octanol–water partition coefficient (Wildman–Crippen LogP) is 4.31. The molecule has 0 bridgehead atoms. The van der Waals surface area contributed by atoms with E-state index in [1.165, 1.54) is 6.08 Å². The average Bonchev–Trinajstić information content (AvgIpc) is 3.18. The van der Waals surface area contributed by atoms with Crippen LogP contribution in [0.1, 0.15) is 45.1 Å². The molecule has 24 heavy (non-hydrogen) atoms. The zero-order chi connectivity index (χ0) is 17.9. The number of hydrogen-bond donors (Lipinski definition) is 0. The van der Waals surface area contributed by atoms with Crippen molar-refractivity contribution in [3.05, 3.63) is 48.0 Å². The second-order valence-electron chi connectivity index (χ2n) is 4.36. The zero-order valence-corrected chi connectivity index (χ0v) is 14.5. The number of unbranched alkanes of at least 4 members (excludes halogenated alkanes) is 1. The van der Waals surface area contributed by atoms with E-state index in [9.17, 15) is 0 Å². The van der Waals surface area contributed by atoms with Crippen molar-refractivity contribution in [1.29, 1.82) is 0 Å². The lowest BCUT2D eigenvalue weighted by molar-refractivity contribution is 0.251. The van der Waals surface area contributed by atoms with Crippen molar-refractivity contribution in [2.45, 2.75) is 33.6 Å². The van der Waals surface area contributed by atoms with Crippen LogP contribution in [0.4, 0.5) is 0 Å². The monoisotopic (exact) mass is 328 g/mol. The lowest BCUT2D eigenvalue weighted by Gasteiger charge is -1.91. The molecule has 0 fully saturated rings. The summed E-state index contributed by atoms with van der Waals surface area (Å²) in [6.45, 7) is 17.0. The largest absolute Gasteiger partial charge is 0.409 e. The maximum absolute atomic E-state index is 5.53. The van der Waals surface area contributed by atoms with Crippen molar-refractivity contribution in [3.8, 4) is 12.2 Å². The fraction of sp³-hybridized carbons (Fsp3) is 0.263. The Kier molecular flexibility index (Phi) is 8.05. The Bertz CT molecular complexity index is 772. The standard InChI is InChI=1S/C17H18N2O3.C2H6/c1-5-9-11-13-15(10-6-2)21-17(19-13)22-16-18-12(7-3)14(8-4)20-16;1-2/h6-8,10-11H,2-5,9H2,1H3;1-2H3/b13-11+,15-10+;. The van der Waals surface area contributed by atoms with Gasteiger partial charge in [-0.15, -0.1) is 0 Å². The van der Waals surface area contributed by atoms with Crippen molar-refractivity contribution in [3.63, 3.8) is 0 Å². The van der Waals surface area contributed by atoms with Crippen LogP contribution in [0.5, 0.6) is 12.2 Å². The molecule has 0 N–H and O–H groups in total. The highest BCUT2D eigenvalue weighted by molar-refractivity contribution is 5.56. The van der Waals surface area contributed by atoms with Gasteiger partial charge in [0.25, 0.3) is 0 Å². The molecule has 0 atom stereocenters. The van der Waals surface area contributed by atoms with E-state index in [2.05, 4.69) is 36.6 Å². The van der Waals surface area contributed by atoms with Gasteiger partial charge in [-0.05, 0) is 24.6 Å². The number of hydrogen-bond acceptors (Lipinski definition) is 5. The van der Waals surface area contributed by atoms with E-state index in [-0.39, 0.29) is 12.2 Å². The first-order chi connectivity index (χ1) is 11.7. The van der Waals surface area contributed by atoms with Crippen molar-refractivity contribution in [2.24, 2.45) is 0 Å². The number of ether oxygens (including phenoxy) is 1. The molecule has 0 unspecified atom stereocenters. The van der Waals surface area contributed by atoms with Gasteiger partial charge in [-0.1, -0.05) is 59.1 Å². The number of aromatic nitrogens is 2. The van der Waals surface area contributed by atoms with Gasteiger partial charge in [0.15, 0.2) is 11.2 Å². The summed E-state index contributed by atoms with van der Waals surface area (Å²) in [5.74, 6) is 0.479. The van der Waals surface area contributed by atoms with Gasteiger partial charge in [-0.25, -0.2) is 0 Å². The van der Waals surface area contributed by atoms with Crippen LogP contribution >= 0.6 is 0 Å². The summed E-state index contributed by atoms with van der Waals surface area (Å²) < 4.78 is 16.3. The summed E-state index contributed by atoms with van der Waals surface area (Å²) >= 11 is 0.